The summed E-state index contributed by atoms with van der Waals surface area (Å²) in [6.45, 7) is 5.06. The number of hydrogen-bond acceptors (Lipinski definition) is 3. The minimum Gasteiger partial charge on any atom is -0.494 e. The molecule has 0 spiro atoms. The molecule has 0 N–H and O–H groups in total. The van der Waals surface area contributed by atoms with Crippen LogP contribution in [0, 0.1) is 5.92 Å². The van der Waals surface area contributed by atoms with Crippen molar-refractivity contribution in [1.29, 1.82) is 0 Å². The molecule has 4 heteroatoms. The Morgan fingerprint density at radius 2 is 1.38 bits per heavy atom. The highest BCUT2D eigenvalue weighted by Crippen LogP contribution is 2.31. The first-order valence-corrected chi connectivity index (χ1v) is 15.8. The van der Waals surface area contributed by atoms with Crippen molar-refractivity contribution in [3.05, 3.63) is 54.1 Å². The molecule has 39 heavy (non-hydrogen) atoms. The summed E-state index contributed by atoms with van der Waals surface area (Å²) >= 11 is 0. The smallest absolute Gasteiger partial charge is 0.340 e. The molecule has 2 aromatic carbocycles. The van der Waals surface area contributed by atoms with Crippen LogP contribution in [0.1, 0.15) is 116 Å². The predicted octanol–water partition coefficient (Wildman–Crippen LogP) is 10.0. The molecule has 216 valence electrons. The van der Waals surface area contributed by atoms with Gasteiger partial charge < -0.3 is 9.47 Å². The summed E-state index contributed by atoms with van der Waals surface area (Å²) in [6, 6.07) is 17.4. The number of hydrogen-bond donors (Lipinski definition) is 0. The number of esters is 1. The molecule has 1 atom stereocenters. The highest BCUT2D eigenvalue weighted by atomic mass is 19.1. The molecule has 0 radical (unpaired) electrons. The Hall–Kier alpha value is -2.36. The van der Waals surface area contributed by atoms with Crippen molar-refractivity contribution in [2.24, 2.45) is 5.92 Å². The number of alkyl halides is 1. The number of benzene rings is 2. The zero-order chi connectivity index (χ0) is 27.7. The van der Waals surface area contributed by atoms with Crippen LogP contribution in [0.3, 0.4) is 0 Å². The first kappa shape index (κ1) is 31.2. The topological polar surface area (TPSA) is 35.5 Å². The van der Waals surface area contributed by atoms with E-state index in [4.69, 9.17) is 9.47 Å². The average Bonchev–Trinajstić information content (AvgIpc) is 2.97. The van der Waals surface area contributed by atoms with E-state index in [1.165, 1.54) is 55.2 Å². The summed E-state index contributed by atoms with van der Waals surface area (Å²) in [5, 5.41) is 0. The van der Waals surface area contributed by atoms with E-state index in [1.807, 2.05) is 6.92 Å². The van der Waals surface area contributed by atoms with Crippen LogP contribution in [0.15, 0.2) is 48.5 Å². The number of rotatable bonds is 18. The Morgan fingerprint density at radius 3 is 2.03 bits per heavy atom. The Balaban J connectivity index is 1.32. The van der Waals surface area contributed by atoms with Gasteiger partial charge in [0, 0.05) is 0 Å². The molecule has 1 aliphatic rings. The number of carbonyl (C=O) groups is 1. The van der Waals surface area contributed by atoms with E-state index in [-0.39, 0.29) is 12.5 Å². The van der Waals surface area contributed by atoms with Gasteiger partial charge in [0.1, 0.15) is 11.9 Å². The second-order valence-electron chi connectivity index (χ2n) is 11.4. The molecule has 0 heterocycles. The predicted molar refractivity (Wildman–Crippen MR) is 160 cm³/mol. The Labute approximate surface area is 236 Å². The maximum absolute atomic E-state index is 13.9. The Morgan fingerprint density at radius 1 is 0.795 bits per heavy atom. The quantitative estimate of drug-likeness (QED) is 0.140. The van der Waals surface area contributed by atoms with E-state index < -0.39 is 12.1 Å². The molecule has 0 unspecified atom stereocenters. The molecule has 2 aromatic rings. The zero-order valence-electron chi connectivity index (χ0n) is 24.5. The molecule has 0 aromatic heterocycles. The van der Waals surface area contributed by atoms with Crippen LogP contribution >= 0.6 is 0 Å². The van der Waals surface area contributed by atoms with Crippen LogP contribution in [0.25, 0.3) is 11.1 Å². The van der Waals surface area contributed by atoms with Crippen molar-refractivity contribution < 1.29 is 18.7 Å². The maximum Gasteiger partial charge on any atom is 0.340 e. The van der Waals surface area contributed by atoms with Gasteiger partial charge in [0.25, 0.3) is 0 Å². The second kappa shape index (κ2) is 18.1. The first-order chi connectivity index (χ1) is 19.1. The highest BCUT2D eigenvalue weighted by Gasteiger charge is 2.27. The number of aryl methyl sites for hydroxylation is 1. The summed E-state index contributed by atoms with van der Waals surface area (Å²) in [5.74, 6) is 0.944. The lowest BCUT2D eigenvalue weighted by molar-refractivity contribution is -0.157. The number of ether oxygens (including phenoxy) is 2. The molecule has 0 bridgehead atoms. The molecule has 1 saturated carbocycles. The minimum atomic E-state index is -1.46. The van der Waals surface area contributed by atoms with E-state index in [2.05, 4.69) is 55.5 Å². The second-order valence-corrected chi connectivity index (χ2v) is 11.4. The molecular formula is C35H51FO3. The van der Waals surface area contributed by atoms with E-state index in [0.717, 1.165) is 70.1 Å². The molecule has 3 rings (SSSR count). The van der Waals surface area contributed by atoms with Gasteiger partial charge in [-0.05, 0) is 86.1 Å². The first-order valence-electron chi connectivity index (χ1n) is 15.8. The molecule has 0 amide bonds. The van der Waals surface area contributed by atoms with Crippen molar-refractivity contribution in [2.75, 3.05) is 6.61 Å². The third-order valence-corrected chi connectivity index (χ3v) is 8.14. The van der Waals surface area contributed by atoms with E-state index in [1.54, 1.807) is 0 Å². The minimum absolute atomic E-state index is 0.106. The van der Waals surface area contributed by atoms with Crippen LogP contribution in [-0.4, -0.2) is 24.9 Å². The van der Waals surface area contributed by atoms with Crippen LogP contribution in [0.4, 0.5) is 4.39 Å². The molecule has 0 saturated heterocycles. The van der Waals surface area contributed by atoms with E-state index in [0.29, 0.717) is 5.92 Å². The van der Waals surface area contributed by atoms with Gasteiger partial charge in [-0.25, -0.2) is 9.18 Å². The fraction of sp³-hybridized carbons (Fsp3) is 0.629. The highest BCUT2D eigenvalue weighted by molar-refractivity contribution is 5.74. The van der Waals surface area contributed by atoms with Gasteiger partial charge in [0.15, 0.2) is 6.17 Å². The molecule has 0 aliphatic heterocycles. The third-order valence-electron chi connectivity index (χ3n) is 8.14. The molecular weight excluding hydrogens is 487 g/mol. The summed E-state index contributed by atoms with van der Waals surface area (Å²) in [6.07, 6.45) is 15.4. The monoisotopic (exact) mass is 538 g/mol. The van der Waals surface area contributed by atoms with Crippen molar-refractivity contribution in [1.82, 2.24) is 0 Å². The number of carbonyl (C=O) groups excluding carboxylic acids is 1. The van der Waals surface area contributed by atoms with Crippen LogP contribution in [0.2, 0.25) is 0 Å². The normalized spacial score (nSPS) is 18.0. The van der Waals surface area contributed by atoms with Crippen molar-refractivity contribution in [3.8, 4) is 16.9 Å². The van der Waals surface area contributed by atoms with Crippen LogP contribution < -0.4 is 4.74 Å². The fourth-order valence-corrected chi connectivity index (χ4v) is 5.51. The lowest BCUT2D eigenvalue weighted by Gasteiger charge is -2.28. The Kier molecular flexibility index (Phi) is 14.4. The largest absolute Gasteiger partial charge is 0.494 e. The lowest BCUT2D eigenvalue weighted by Crippen LogP contribution is -2.29. The van der Waals surface area contributed by atoms with Crippen molar-refractivity contribution >= 4 is 5.97 Å². The number of unbranched alkanes of at least 4 members (excludes halogenated alkanes) is 7. The van der Waals surface area contributed by atoms with Gasteiger partial charge in [0.05, 0.1) is 6.61 Å². The standard InChI is InChI=1S/C35H51FO3/c1-3-5-7-8-9-10-11-27-38-32-25-21-31(22-26-32)30-19-15-28(16-20-30)13-14-29-17-23-33(24-18-29)39-35(37)34(36)12-6-4-2/h15-16,19-22,25-26,29,33-34H,3-14,17-18,23-24,27H2,1-2H3/t29?,33?,34-/m0/s1. The average molecular weight is 539 g/mol. The molecule has 3 nitrogen and oxygen atoms in total. The summed E-state index contributed by atoms with van der Waals surface area (Å²) in [5.41, 5.74) is 3.80. The van der Waals surface area contributed by atoms with Gasteiger partial charge in [-0.2, -0.15) is 0 Å². The van der Waals surface area contributed by atoms with Crippen molar-refractivity contribution in [3.63, 3.8) is 0 Å². The Bertz CT molecular complexity index is 916. The van der Waals surface area contributed by atoms with Crippen LogP contribution in [0.5, 0.6) is 5.75 Å². The molecule has 1 aliphatic carbocycles. The van der Waals surface area contributed by atoms with Crippen LogP contribution in [-0.2, 0) is 16.0 Å². The summed E-state index contributed by atoms with van der Waals surface area (Å²) in [4.78, 5) is 12.0. The fourth-order valence-electron chi connectivity index (χ4n) is 5.51. The maximum atomic E-state index is 13.9. The summed E-state index contributed by atoms with van der Waals surface area (Å²) < 4.78 is 25.3. The van der Waals surface area contributed by atoms with E-state index in [9.17, 15) is 9.18 Å². The van der Waals surface area contributed by atoms with Gasteiger partial charge in [-0.1, -0.05) is 102 Å². The van der Waals surface area contributed by atoms with E-state index >= 15 is 0 Å². The van der Waals surface area contributed by atoms with Gasteiger partial charge >= 0.3 is 5.97 Å². The van der Waals surface area contributed by atoms with Gasteiger partial charge in [-0.15, -0.1) is 0 Å². The lowest BCUT2D eigenvalue weighted by atomic mass is 9.83. The van der Waals surface area contributed by atoms with Crippen molar-refractivity contribution in [2.45, 2.75) is 129 Å². The summed E-state index contributed by atoms with van der Waals surface area (Å²) in [7, 11) is 0. The number of halogens is 1. The zero-order valence-corrected chi connectivity index (χ0v) is 24.5. The SMILES string of the molecule is CCCCCCCCCOc1ccc(-c2ccc(CCC3CCC(OC(=O)[C@@H](F)CCCC)CC3)cc2)cc1. The van der Waals surface area contributed by atoms with Gasteiger partial charge in [0.2, 0.25) is 0 Å². The third kappa shape index (κ3) is 11.7. The molecule has 1 fully saturated rings. The van der Waals surface area contributed by atoms with Gasteiger partial charge in [-0.3, -0.25) is 0 Å².